The molecule has 0 spiro atoms. The van der Waals surface area contributed by atoms with E-state index in [0.29, 0.717) is 0 Å². The molecule has 0 atom stereocenters. The molecule has 3 nitrogen and oxygen atoms in total. The summed E-state index contributed by atoms with van der Waals surface area (Å²) in [6, 6.07) is 14.6. The largest absolute Gasteiger partial charge is 0.398 e. The molecule has 0 radical (unpaired) electrons. The van der Waals surface area contributed by atoms with Gasteiger partial charge < -0.3 is 10.3 Å². The molecule has 0 bridgehead atoms. The number of fused-ring (bicyclic) bond motifs is 1. The van der Waals surface area contributed by atoms with Crippen molar-refractivity contribution in [2.75, 3.05) is 5.73 Å². The summed E-state index contributed by atoms with van der Waals surface area (Å²) < 4.78 is 2.31. The van der Waals surface area contributed by atoms with Crippen LogP contribution in [0.15, 0.2) is 42.5 Å². The van der Waals surface area contributed by atoms with E-state index < -0.39 is 0 Å². The van der Waals surface area contributed by atoms with Gasteiger partial charge in [0.1, 0.15) is 5.82 Å². The summed E-state index contributed by atoms with van der Waals surface area (Å²) in [7, 11) is 0. The molecule has 1 heterocycles. The minimum atomic E-state index is 0.779. The van der Waals surface area contributed by atoms with Crippen LogP contribution in [0.25, 0.3) is 11.0 Å². The van der Waals surface area contributed by atoms with Gasteiger partial charge in [0.15, 0.2) is 0 Å². The lowest BCUT2D eigenvalue weighted by molar-refractivity contribution is 0.664. The Morgan fingerprint density at radius 1 is 1.14 bits per heavy atom. The van der Waals surface area contributed by atoms with Gasteiger partial charge in [-0.1, -0.05) is 31.2 Å². The average molecular weight is 279 g/mol. The number of hydrogen-bond acceptors (Lipinski definition) is 2. The topological polar surface area (TPSA) is 43.8 Å². The normalized spacial score (nSPS) is 11.1. The van der Waals surface area contributed by atoms with Gasteiger partial charge in [-0.25, -0.2) is 4.98 Å². The molecule has 0 amide bonds. The first-order chi connectivity index (χ1) is 10.2. The molecule has 3 rings (SSSR count). The number of nitrogen functional groups attached to an aromatic ring is 1. The highest BCUT2D eigenvalue weighted by Crippen LogP contribution is 2.22. The zero-order valence-corrected chi connectivity index (χ0v) is 12.6. The van der Waals surface area contributed by atoms with Crippen molar-refractivity contribution in [2.45, 2.75) is 33.2 Å². The average Bonchev–Trinajstić information content (AvgIpc) is 2.81. The van der Waals surface area contributed by atoms with Crippen molar-refractivity contribution in [3.8, 4) is 0 Å². The molecule has 0 aliphatic carbocycles. The number of nitrogens with zero attached hydrogens (tertiary/aromatic N) is 2. The second-order valence-electron chi connectivity index (χ2n) is 5.55. The second-order valence-corrected chi connectivity index (χ2v) is 5.55. The van der Waals surface area contributed by atoms with Gasteiger partial charge in [0, 0.05) is 18.7 Å². The Morgan fingerprint density at radius 3 is 2.71 bits per heavy atom. The van der Waals surface area contributed by atoms with Crippen molar-refractivity contribution < 1.29 is 0 Å². The predicted octanol–water partition coefficient (Wildman–Crippen LogP) is 3.93. The van der Waals surface area contributed by atoms with Gasteiger partial charge in [0.05, 0.1) is 11.0 Å². The molecular formula is C18H21N3. The Balaban J connectivity index is 2.05. The Labute approximate surface area is 125 Å². The fourth-order valence-electron chi connectivity index (χ4n) is 2.78. The van der Waals surface area contributed by atoms with E-state index in [1.807, 2.05) is 12.1 Å². The fourth-order valence-corrected chi connectivity index (χ4v) is 2.78. The summed E-state index contributed by atoms with van der Waals surface area (Å²) in [6.07, 6.45) is 1.87. The third-order valence-electron chi connectivity index (χ3n) is 3.83. The number of anilines is 1. The lowest BCUT2D eigenvalue weighted by atomic mass is 10.1. The van der Waals surface area contributed by atoms with Crippen LogP contribution in [0.1, 0.15) is 30.3 Å². The maximum atomic E-state index is 6.15. The van der Waals surface area contributed by atoms with Crippen molar-refractivity contribution in [1.82, 2.24) is 9.55 Å². The van der Waals surface area contributed by atoms with E-state index in [2.05, 4.69) is 48.7 Å². The monoisotopic (exact) mass is 279 g/mol. The second kappa shape index (κ2) is 5.60. The first-order valence-corrected chi connectivity index (χ1v) is 7.48. The van der Waals surface area contributed by atoms with Gasteiger partial charge >= 0.3 is 0 Å². The van der Waals surface area contributed by atoms with E-state index in [9.17, 15) is 0 Å². The standard InChI is InChI=1S/C18H21N3/c1-3-10-21-17-7-5-4-6-16(17)20-18(21)12-14-9-8-13(2)11-15(14)19/h4-9,11H,3,10,12,19H2,1-2H3. The predicted molar refractivity (Wildman–Crippen MR) is 88.4 cm³/mol. The molecule has 1 aromatic heterocycles. The van der Waals surface area contributed by atoms with Crippen LogP contribution < -0.4 is 5.73 Å². The molecular weight excluding hydrogens is 258 g/mol. The summed E-state index contributed by atoms with van der Waals surface area (Å²) in [4.78, 5) is 4.80. The van der Waals surface area contributed by atoms with Crippen LogP contribution in [0.4, 0.5) is 5.69 Å². The highest BCUT2D eigenvalue weighted by atomic mass is 15.1. The minimum absolute atomic E-state index is 0.779. The van der Waals surface area contributed by atoms with E-state index in [1.54, 1.807) is 0 Å². The van der Waals surface area contributed by atoms with Crippen molar-refractivity contribution in [3.63, 3.8) is 0 Å². The fraction of sp³-hybridized carbons (Fsp3) is 0.278. The van der Waals surface area contributed by atoms with E-state index in [1.165, 1.54) is 11.1 Å². The van der Waals surface area contributed by atoms with Gasteiger partial charge in [-0.15, -0.1) is 0 Å². The molecule has 21 heavy (non-hydrogen) atoms. The summed E-state index contributed by atoms with van der Waals surface area (Å²) in [5.41, 5.74) is 11.6. The SMILES string of the molecule is CCCn1c(Cc2ccc(C)cc2N)nc2ccccc21. The maximum absolute atomic E-state index is 6.15. The highest BCUT2D eigenvalue weighted by Gasteiger charge is 2.11. The molecule has 0 aliphatic rings. The minimum Gasteiger partial charge on any atom is -0.398 e. The van der Waals surface area contributed by atoms with Crippen LogP contribution in [0.3, 0.4) is 0 Å². The molecule has 2 aromatic carbocycles. The van der Waals surface area contributed by atoms with Crippen LogP contribution in [-0.2, 0) is 13.0 Å². The number of aromatic nitrogens is 2. The molecule has 0 saturated heterocycles. The Kier molecular flexibility index (Phi) is 3.65. The first kappa shape index (κ1) is 13.7. The van der Waals surface area contributed by atoms with Crippen LogP contribution in [0.5, 0.6) is 0 Å². The molecule has 2 N–H and O–H groups in total. The summed E-state index contributed by atoms with van der Waals surface area (Å²) >= 11 is 0. The van der Waals surface area contributed by atoms with Gasteiger partial charge in [0.2, 0.25) is 0 Å². The maximum Gasteiger partial charge on any atom is 0.114 e. The highest BCUT2D eigenvalue weighted by molar-refractivity contribution is 5.76. The summed E-state index contributed by atoms with van der Waals surface area (Å²) in [5.74, 6) is 1.09. The van der Waals surface area contributed by atoms with Crippen molar-refractivity contribution in [2.24, 2.45) is 0 Å². The van der Waals surface area contributed by atoms with Crippen LogP contribution in [0, 0.1) is 6.92 Å². The van der Waals surface area contributed by atoms with E-state index in [0.717, 1.165) is 42.0 Å². The lowest BCUT2D eigenvalue weighted by Crippen LogP contribution is -2.05. The summed E-state index contributed by atoms with van der Waals surface area (Å²) in [5, 5.41) is 0. The number of aryl methyl sites for hydroxylation is 2. The number of nitrogens with two attached hydrogens (primary N) is 1. The van der Waals surface area contributed by atoms with Gasteiger partial charge in [-0.3, -0.25) is 0 Å². The van der Waals surface area contributed by atoms with Crippen molar-refractivity contribution in [3.05, 3.63) is 59.4 Å². The Hall–Kier alpha value is -2.29. The third kappa shape index (κ3) is 2.64. The Bertz CT molecular complexity index is 771. The molecule has 0 unspecified atom stereocenters. The summed E-state index contributed by atoms with van der Waals surface area (Å²) in [6.45, 7) is 5.24. The number of imidazole rings is 1. The third-order valence-corrected chi connectivity index (χ3v) is 3.83. The molecule has 3 aromatic rings. The first-order valence-electron chi connectivity index (χ1n) is 7.48. The molecule has 0 saturated carbocycles. The zero-order valence-electron chi connectivity index (χ0n) is 12.6. The number of benzene rings is 2. The lowest BCUT2D eigenvalue weighted by Gasteiger charge is -2.10. The van der Waals surface area contributed by atoms with Crippen LogP contribution >= 0.6 is 0 Å². The smallest absolute Gasteiger partial charge is 0.114 e. The van der Waals surface area contributed by atoms with Gasteiger partial charge in [-0.2, -0.15) is 0 Å². The van der Waals surface area contributed by atoms with E-state index in [4.69, 9.17) is 10.7 Å². The van der Waals surface area contributed by atoms with Crippen molar-refractivity contribution in [1.29, 1.82) is 0 Å². The number of rotatable bonds is 4. The van der Waals surface area contributed by atoms with Crippen LogP contribution in [0.2, 0.25) is 0 Å². The zero-order chi connectivity index (χ0) is 14.8. The molecule has 0 fully saturated rings. The van der Waals surface area contributed by atoms with Crippen molar-refractivity contribution >= 4 is 16.7 Å². The van der Waals surface area contributed by atoms with E-state index in [-0.39, 0.29) is 0 Å². The quantitative estimate of drug-likeness (QED) is 0.735. The number of hydrogen-bond donors (Lipinski definition) is 1. The van der Waals surface area contributed by atoms with E-state index >= 15 is 0 Å². The van der Waals surface area contributed by atoms with Gasteiger partial charge in [0.25, 0.3) is 0 Å². The molecule has 0 aliphatic heterocycles. The number of para-hydroxylation sites is 2. The van der Waals surface area contributed by atoms with Crippen LogP contribution in [-0.4, -0.2) is 9.55 Å². The molecule has 108 valence electrons. The van der Waals surface area contributed by atoms with Gasteiger partial charge in [-0.05, 0) is 42.7 Å². The Morgan fingerprint density at radius 2 is 1.95 bits per heavy atom. The molecule has 3 heteroatoms.